The molecule has 1 heterocycles. The van der Waals surface area contributed by atoms with Crippen molar-refractivity contribution in [1.29, 1.82) is 5.26 Å². The zero-order valence-corrected chi connectivity index (χ0v) is 15.4. The number of rotatable bonds is 5. The lowest BCUT2D eigenvalue weighted by Gasteiger charge is -2.26. The molecular weight excluding hydrogens is 358 g/mol. The van der Waals surface area contributed by atoms with Gasteiger partial charge >= 0.3 is 5.97 Å². The predicted molar refractivity (Wildman–Crippen MR) is 92.7 cm³/mol. The molecule has 1 aromatic rings. The van der Waals surface area contributed by atoms with Crippen LogP contribution in [0.15, 0.2) is 51.9 Å². The van der Waals surface area contributed by atoms with Crippen LogP contribution in [0, 0.1) is 11.3 Å². The number of sulfonamides is 1. The number of esters is 1. The van der Waals surface area contributed by atoms with Crippen LogP contribution in [-0.4, -0.2) is 28.0 Å². The molecule has 1 aliphatic rings. The zero-order chi connectivity index (χ0) is 19.5. The van der Waals surface area contributed by atoms with Crippen molar-refractivity contribution in [2.75, 3.05) is 13.7 Å². The molecule has 0 radical (unpaired) electrons. The summed E-state index contributed by atoms with van der Waals surface area (Å²) in [6, 6.07) is 7.79. The first-order chi connectivity index (χ1) is 12.3. The Kier molecular flexibility index (Phi) is 5.69. The average molecular weight is 377 g/mol. The number of allylic oxidation sites excluding steroid dienone is 2. The van der Waals surface area contributed by atoms with E-state index in [1.807, 2.05) is 6.07 Å². The Balaban J connectivity index is 2.59. The van der Waals surface area contributed by atoms with Crippen molar-refractivity contribution in [2.24, 2.45) is 5.73 Å². The number of ether oxygens (including phenoxy) is 2. The molecule has 0 bridgehead atoms. The predicted octanol–water partition coefficient (Wildman–Crippen LogP) is 1.24. The second-order valence-corrected chi connectivity index (χ2v) is 7.28. The van der Waals surface area contributed by atoms with Crippen LogP contribution in [0.25, 0.3) is 0 Å². The maximum Gasteiger partial charge on any atom is 0.338 e. The van der Waals surface area contributed by atoms with Gasteiger partial charge in [0.25, 0.3) is 0 Å². The Bertz CT molecular complexity index is 924. The van der Waals surface area contributed by atoms with Gasteiger partial charge in [0.05, 0.1) is 23.0 Å². The van der Waals surface area contributed by atoms with Gasteiger partial charge in [-0.25, -0.2) is 17.9 Å². The highest BCUT2D eigenvalue weighted by Crippen LogP contribution is 2.39. The number of hydrogen-bond acceptors (Lipinski definition) is 7. The van der Waals surface area contributed by atoms with Crippen LogP contribution in [-0.2, 0) is 24.3 Å². The van der Waals surface area contributed by atoms with Crippen LogP contribution in [0.3, 0.4) is 0 Å². The molecule has 26 heavy (non-hydrogen) atoms. The van der Waals surface area contributed by atoms with Crippen LogP contribution in [0.2, 0.25) is 0 Å². The second kappa shape index (κ2) is 7.59. The van der Waals surface area contributed by atoms with E-state index in [2.05, 4.69) is 4.72 Å². The van der Waals surface area contributed by atoms with Crippen LogP contribution in [0.5, 0.6) is 0 Å². The first kappa shape index (κ1) is 19.5. The molecular formula is C17H19N3O5S. The molecule has 8 nitrogen and oxygen atoms in total. The van der Waals surface area contributed by atoms with Gasteiger partial charge in [-0.15, -0.1) is 0 Å². The Morgan fingerprint density at radius 3 is 2.50 bits per heavy atom. The standard InChI is InChI=1S/C17H19N3O5S/c1-4-24-17(21)14-10(2)25-16(19)13(9-18)15(14)11-5-7-12(8-6-11)26(22,23)20-3/h5-8,15,20H,4,19H2,1-3H3. The van der Waals surface area contributed by atoms with Crippen molar-refractivity contribution in [1.82, 2.24) is 4.72 Å². The highest BCUT2D eigenvalue weighted by atomic mass is 32.2. The third-order valence-corrected chi connectivity index (χ3v) is 5.32. The SMILES string of the molecule is CCOC(=O)C1=C(C)OC(N)=C(C#N)C1c1ccc(S(=O)(=O)NC)cc1. The summed E-state index contributed by atoms with van der Waals surface area (Å²) in [5.41, 5.74) is 6.54. The summed E-state index contributed by atoms with van der Waals surface area (Å²) in [5.74, 6) is -1.30. The van der Waals surface area contributed by atoms with Crippen molar-refractivity contribution in [3.63, 3.8) is 0 Å². The van der Waals surface area contributed by atoms with E-state index in [1.165, 1.54) is 31.3 Å². The van der Waals surface area contributed by atoms with Gasteiger partial charge < -0.3 is 15.2 Å². The number of carbonyl (C=O) groups is 1. The molecule has 1 atom stereocenters. The molecule has 0 amide bonds. The lowest BCUT2D eigenvalue weighted by molar-refractivity contribution is -0.139. The molecule has 1 unspecified atom stereocenters. The molecule has 2 rings (SSSR count). The monoisotopic (exact) mass is 377 g/mol. The van der Waals surface area contributed by atoms with Crippen molar-refractivity contribution in [3.8, 4) is 6.07 Å². The van der Waals surface area contributed by atoms with Gasteiger partial charge in [-0.1, -0.05) is 12.1 Å². The zero-order valence-electron chi connectivity index (χ0n) is 14.6. The van der Waals surface area contributed by atoms with Crippen molar-refractivity contribution in [3.05, 3.63) is 52.6 Å². The van der Waals surface area contributed by atoms with E-state index in [9.17, 15) is 18.5 Å². The minimum absolute atomic E-state index is 0.0582. The van der Waals surface area contributed by atoms with Gasteiger partial charge in [0.1, 0.15) is 17.4 Å². The summed E-state index contributed by atoms with van der Waals surface area (Å²) in [6.07, 6.45) is 0. The Morgan fingerprint density at radius 2 is 2.00 bits per heavy atom. The smallest absolute Gasteiger partial charge is 0.338 e. The average Bonchev–Trinajstić information content (AvgIpc) is 2.61. The summed E-state index contributed by atoms with van der Waals surface area (Å²) in [5, 5.41) is 9.48. The van der Waals surface area contributed by atoms with Crippen molar-refractivity contribution in [2.45, 2.75) is 24.7 Å². The van der Waals surface area contributed by atoms with E-state index in [0.29, 0.717) is 5.56 Å². The molecule has 138 valence electrons. The highest BCUT2D eigenvalue weighted by Gasteiger charge is 2.36. The summed E-state index contributed by atoms with van der Waals surface area (Å²) in [6.45, 7) is 3.38. The molecule has 9 heteroatoms. The van der Waals surface area contributed by atoms with E-state index in [1.54, 1.807) is 13.8 Å². The number of nitrogens with one attached hydrogen (secondary N) is 1. The Morgan fingerprint density at radius 1 is 1.38 bits per heavy atom. The van der Waals surface area contributed by atoms with E-state index in [4.69, 9.17) is 15.2 Å². The minimum Gasteiger partial charge on any atom is -0.463 e. The maximum absolute atomic E-state index is 12.4. The highest BCUT2D eigenvalue weighted by molar-refractivity contribution is 7.89. The normalized spacial score (nSPS) is 17.5. The summed E-state index contributed by atoms with van der Waals surface area (Å²) < 4.78 is 36.4. The first-order valence-corrected chi connectivity index (χ1v) is 9.24. The van der Waals surface area contributed by atoms with Crippen molar-refractivity contribution >= 4 is 16.0 Å². The second-order valence-electron chi connectivity index (χ2n) is 5.39. The van der Waals surface area contributed by atoms with Crippen LogP contribution < -0.4 is 10.5 Å². The number of hydrogen-bond donors (Lipinski definition) is 2. The van der Waals surface area contributed by atoms with E-state index in [0.717, 1.165) is 0 Å². The summed E-state index contributed by atoms with van der Waals surface area (Å²) in [7, 11) is -2.30. The molecule has 1 aromatic carbocycles. The Labute approximate surface area is 151 Å². The Hall–Kier alpha value is -2.83. The third-order valence-electron chi connectivity index (χ3n) is 3.89. The largest absolute Gasteiger partial charge is 0.463 e. The van der Waals surface area contributed by atoms with Gasteiger partial charge in [0.2, 0.25) is 15.9 Å². The molecule has 0 spiro atoms. The number of carbonyl (C=O) groups excluding carboxylic acids is 1. The van der Waals surface area contributed by atoms with E-state index in [-0.39, 0.29) is 34.3 Å². The van der Waals surface area contributed by atoms with Crippen LogP contribution >= 0.6 is 0 Å². The first-order valence-electron chi connectivity index (χ1n) is 7.75. The maximum atomic E-state index is 12.4. The van der Waals surface area contributed by atoms with Gasteiger partial charge in [0.15, 0.2) is 0 Å². The van der Waals surface area contributed by atoms with Gasteiger partial charge in [-0.3, -0.25) is 0 Å². The van der Waals surface area contributed by atoms with E-state index < -0.39 is 21.9 Å². The molecule has 1 aliphatic heterocycles. The van der Waals surface area contributed by atoms with Crippen LogP contribution in [0.4, 0.5) is 0 Å². The molecule has 0 aliphatic carbocycles. The molecule has 0 fully saturated rings. The molecule has 0 saturated heterocycles. The number of nitrogens with zero attached hydrogens (tertiary/aromatic N) is 1. The van der Waals surface area contributed by atoms with Gasteiger partial charge in [0, 0.05) is 0 Å². The topological polar surface area (TPSA) is 132 Å². The van der Waals surface area contributed by atoms with Crippen molar-refractivity contribution < 1.29 is 22.7 Å². The quantitative estimate of drug-likeness (QED) is 0.738. The third kappa shape index (κ3) is 3.56. The lowest BCUT2D eigenvalue weighted by Crippen LogP contribution is -2.25. The molecule has 0 aromatic heterocycles. The number of nitrogens with two attached hydrogens (primary N) is 1. The van der Waals surface area contributed by atoms with E-state index >= 15 is 0 Å². The number of benzene rings is 1. The molecule has 3 N–H and O–H groups in total. The van der Waals surface area contributed by atoms with Gasteiger partial charge in [-0.05, 0) is 38.6 Å². The fourth-order valence-corrected chi connectivity index (χ4v) is 3.38. The minimum atomic E-state index is -3.60. The lowest BCUT2D eigenvalue weighted by atomic mass is 9.83. The summed E-state index contributed by atoms with van der Waals surface area (Å²) >= 11 is 0. The fraction of sp³-hybridized carbons (Fsp3) is 0.294. The number of nitriles is 1. The summed E-state index contributed by atoms with van der Waals surface area (Å²) in [4.78, 5) is 12.5. The van der Waals surface area contributed by atoms with Crippen LogP contribution in [0.1, 0.15) is 25.3 Å². The fourth-order valence-electron chi connectivity index (χ4n) is 2.65. The van der Waals surface area contributed by atoms with Gasteiger partial charge in [-0.2, -0.15) is 5.26 Å². The molecule has 0 saturated carbocycles.